The van der Waals surface area contributed by atoms with Crippen LogP contribution in [-0.2, 0) is 26.7 Å². The molecule has 19 heavy (non-hydrogen) atoms. The zero-order valence-electron chi connectivity index (χ0n) is 10.1. The van der Waals surface area contributed by atoms with E-state index in [-0.39, 0.29) is 17.9 Å². The molecule has 0 radical (unpaired) electrons. The van der Waals surface area contributed by atoms with Crippen molar-refractivity contribution in [2.45, 2.75) is 23.9 Å². The Bertz CT molecular complexity index is 579. The minimum Gasteiger partial charge on any atom is -0.480 e. The smallest absolute Gasteiger partial charge is 0.321 e. The number of primary amides is 1. The molecule has 0 spiro atoms. The van der Waals surface area contributed by atoms with E-state index in [0.717, 1.165) is 4.68 Å². The molecule has 0 saturated carbocycles. The number of nitrogens with one attached hydrogen (secondary N) is 1. The van der Waals surface area contributed by atoms with E-state index in [1.54, 1.807) is 0 Å². The molecule has 1 atom stereocenters. The maximum Gasteiger partial charge on any atom is 0.321 e. The number of nitrogens with zero attached hydrogens (tertiary/aromatic N) is 2. The minimum absolute atomic E-state index is 0.169. The third-order valence-corrected chi connectivity index (χ3v) is 3.87. The third-order valence-electron chi connectivity index (χ3n) is 2.33. The predicted octanol–water partition coefficient (Wildman–Crippen LogP) is -1.58. The second-order valence-electron chi connectivity index (χ2n) is 3.81. The molecule has 0 fully saturated rings. The van der Waals surface area contributed by atoms with E-state index in [4.69, 9.17) is 10.8 Å². The summed E-state index contributed by atoms with van der Waals surface area (Å²) in [6, 6.07) is -0.192. The van der Waals surface area contributed by atoms with E-state index in [1.807, 2.05) is 4.72 Å². The van der Waals surface area contributed by atoms with E-state index in [1.165, 1.54) is 19.3 Å². The molecule has 1 heterocycles. The monoisotopic (exact) mass is 290 g/mol. The van der Waals surface area contributed by atoms with Crippen molar-refractivity contribution >= 4 is 21.9 Å². The van der Waals surface area contributed by atoms with Crippen LogP contribution in [0.1, 0.15) is 12.8 Å². The zero-order chi connectivity index (χ0) is 14.6. The van der Waals surface area contributed by atoms with Gasteiger partial charge in [0.1, 0.15) is 6.04 Å². The highest BCUT2D eigenvalue weighted by Gasteiger charge is 2.27. The number of aliphatic carboxylic acids is 1. The van der Waals surface area contributed by atoms with Gasteiger partial charge in [0, 0.05) is 13.5 Å². The standard InChI is InChI=1S/C9H14N4O5S/c1-13-8(4-5-11-13)19(17,18)12-6(9(15)16)2-3-7(10)14/h4-6,12H,2-3H2,1H3,(H2,10,14)(H,15,16)/t6-/m0/s1. The molecule has 1 rings (SSSR count). The first-order chi connectivity index (χ1) is 8.74. The maximum atomic E-state index is 11.9. The highest BCUT2D eigenvalue weighted by atomic mass is 32.2. The molecule has 0 aliphatic rings. The number of carboxylic acids is 1. The molecule has 0 bridgehead atoms. The molecular formula is C9H14N4O5S. The van der Waals surface area contributed by atoms with Crippen molar-refractivity contribution in [1.82, 2.24) is 14.5 Å². The van der Waals surface area contributed by atoms with Crippen LogP contribution in [0.4, 0.5) is 0 Å². The summed E-state index contributed by atoms with van der Waals surface area (Å²) in [6.45, 7) is 0. The van der Waals surface area contributed by atoms with Crippen molar-refractivity contribution in [2.75, 3.05) is 0 Å². The van der Waals surface area contributed by atoms with Crippen LogP contribution < -0.4 is 10.5 Å². The average Bonchev–Trinajstić information content (AvgIpc) is 2.70. The minimum atomic E-state index is -4.02. The number of hydrogen-bond acceptors (Lipinski definition) is 5. The van der Waals surface area contributed by atoms with Crippen LogP contribution in [0, 0.1) is 0 Å². The first kappa shape index (κ1) is 15.1. The number of carboxylic acid groups (broad SMARTS) is 1. The zero-order valence-corrected chi connectivity index (χ0v) is 10.9. The molecule has 106 valence electrons. The van der Waals surface area contributed by atoms with Gasteiger partial charge in [0.2, 0.25) is 5.91 Å². The number of sulfonamides is 1. The molecule has 1 amide bonds. The first-order valence-corrected chi connectivity index (χ1v) is 6.74. The normalized spacial score (nSPS) is 13.1. The quantitative estimate of drug-likeness (QED) is 0.552. The lowest BCUT2D eigenvalue weighted by Gasteiger charge is -2.13. The number of aryl methyl sites for hydroxylation is 1. The Morgan fingerprint density at radius 2 is 2.21 bits per heavy atom. The van der Waals surface area contributed by atoms with Gasteiger partial charge in [-0.05, 0) is 12.5 Å². The van der Waals surface area contributed by atoms with Crippen molar-refractivity contribution < 1.29 is 23.1 Å². The molecule has 4 N–H and O–H groups in total. The number of amides is 1. The largest absolute Gasteiger partial charge is 0.480 e. The fourth-order valence-electron chi connectivity index (χ4n) is 1.39. The summed E-state index contributed by atoms with van der Waals surface area (Å²) in [5.41, 5.74) is 4.90. The number of nitrogens with two attached hydrogens (primary N) is 1. The predicted molar refractivity (Wildman–Crippen MR) is 63.4 cm³/mol. The Hall–Kier alpha value is -1.94. The number of aromatic nitrogens is 2. The number of hydrogen-bond donors (Lipinski definition) is 3. The Morgan fingerprint density at radius 3 is 2.63 bits per heavy atom. The van der Waals surface area contributed by atoms with Crippen molar-refractivity contribution in [1.29, 1.82) is 0 Å². The summed E-state index contributed by atoms with van der Waals surface area (Å²) in [5, 5.41) is 12.4. The van der Waals surface area contributed by atoms with E-state index < -0.39 is 27.9 Å². The van der Waals surface area contributed by atoms with E-state index in [2.05, 4.69) is 5.10 Å². The fourth-order valence-corrected chi connectivity index (χ4v) is 2.74. The van der Waals surface area contributed by atoms with Crippen LogP contribution in [0.5, 0.6) is 0 Å². The lowest BCUT2D eigenvalue weighted by Crippen LogP contribution is -2.41. The van der Waals surface area contributed by atoms with Gasteiger partial charge >= 0.3 is 5.97 Å². The Labute approximate surface area is 109 Å². The Balaban J connectivity index is 2.87. The van der Waals surface area contributed by atoms with Gasteiger partial charge in [-0.1, -0.05) is 0 Å². The van der Waals surface area contributed by atoms with Gasteiger partial charge in [-0.2, -0.15) is 9.82 Å². The Morgan fingerprint density at radius 1 is 1.58 bits per heavy atom. The summed E-state index contributed by atoms with van der Waals surface area (Å²) >= 11 is 0. The topological polar surface area (TPSA) is 144 Å². The van der Waals surface area contributed by atoms with Crippen LogP contribution in [0.25, 0.3) is 0 Å². The molecule has 1 aromatic heterocycles. The van der Waals surface area contributed by atoms with Crippen LogP contribution in [0.15, 0.2) is 17.3 Å². The lowest BCUT2D eigenvalue weighted by atomic mass is 10.2. The molecule has 1 aromatic rings. The fraction of sp³-hybridized carbons (Fsp3) is 0.444. The Kier molecular flexibility index (Phi) is 4.62. The first-order valence-electron chi connectivity index (χ1n) is 5.25. The summed E-state index contributed by atoms with van der Waals surface area (Å²) in [7, 11) is -2.61. The second-order valence-corrected chi connectivity index (χ2v) is 5.47. The van der Waals surface area contributed by atoms with Gasteiger partial charge in [0.15, 0.2) is 5.03 Å². The summed E-state index contributed by atoms with van der Waals surface area (Å²) in [5.74, 6) is -2.09. The van der Waals surface area contributed by atoms with Crippen molar-refractivity contribution in [3.8, 4) is 0 Å². The highest BCUT2D eigenvalue weighted by Crippen LogP contribution is 2.09. The van der Waals surface area contributed by atoms with E-state index in [0.29, 0.717) is 0 Å². The van der Waals surface area contributed by atoms with Crippen LogP contribution in [-0.4, -0.2) is 41.2 Å². The molecule has 0 aliphatic heterocycles. The molecule has 0 unspecified atom stereocenters. The molecule has 10 heteroatoms. The van der Waals surface area contributed by atoms with Crippen molar-refractivity contribution in [3.63, 3.8) is 0 Å². The van der Waals surface area contributed by atoms with E-state index in [9.17, 15) is 18.0 Å². The van der Waals surface area contributed by atoms with Crippen LogP contribution in [0.2, 0.25) is 0 Å². The molecule has 9 nitrogen and oxygen atoms in total. The highest BCUT2D eigenvalue weighted by molar-refractivity contribution is 7.89. The summed E-state index contributed by atoms with van der Waals surface area (Å²) in [4.78, 5) is 21.6. The van der Waals surface area contributed by atoms with E-state index >= 15 is 0 Å². The number of rotatable bonds is 7. The van der Waals surface area contributed by atoms with Gasteiger partial charge in [-0.25, -0.2) is 8.42 Å². The van der Waals surface area contributed by atoms with Gasteiger partial charge < -0.3 is 10.8 Å². The summed E-state index contributed by atoms with van der Waals surface area (Å²) < 4.78 is 26.9. The second kappa shape index (κ2) is 5.80. The molecule has 0 aromatic carbocycles. The third kappa shape index (κ3) is 4.03. The SMILES string of the molecule is Cn1nccc1S(=O)(=O)N[C@@H](CCC(N)=O)C(=O)O. The van der Waals surface area contributed by atoms with Gasteiger partial charge in [0.05, 0.1) is 6.20 Å². The van der Waals surface area contributed by atoms with Crippen LogP contribution >= 0.6 is 0 Å². The van der Waals surface area contributed by atoms with Crippen molar-refractivity contribution in [2.24, 2.45) is 12.8 Å². The number of carbonyl (C=O) groups excluding carboxylic acids is 1. The maximum absolute atomic E-state index is 11.9. The molecule has 0 saturated heterocycles. The van der Waals surface area contributed by atoms with Crippen LogP contribution in [0.3, 0.4) is 0 Å². The van der Waals surface area contributed by atoms with Gasteiger partial charge in [-0.3, -0.25) is 14.3 Å². The average molecular weight is 290 g/mol. The number of carbonyl (C=O) groups is 2. The van der Waals surface area contributed by atoms with Gasteiger partial charge in [0.25, 0.3) is 10.0 Å². The summed E-state index contributed by atoms with van der Waals surface area (Å²) in [6.07, 6.45) is 0.820. The van der Waals surface area contributed by atoms with Gasteiger partial charge in [-0.15, -0.1) is 0 Å². The van der Waals surface area contributed by atoms with Crippen molar-refractivity contribution in [3.05, 3.63) is 12.3 Å². The molecular weight excluding hydrogens is 276 g/mol. The molecule has 0 aliphatic carbocycles. The lowest BCUT2D eigenvalue weighted by molar-refractivity contribution is -0.139.